The Bertz CT molecular complexity index is 1010. The zero-order valence-electron chi connectivity index (χ0n) is 17.2. The van der Waals surface area contributed by atoms with Crippen molar-refractivity contribution in [3.63, 3.8) is 0 Å². The van der Waals surface area contributed by atoms with Gasteiger partial charge in [0.2, 0.25) is 15.9 Å². The van der Waals surface area contributed by atoms with Gasteiger partial charge in [-0.1, -0.05) is 35.3 Å². The number of nitrogens with one attached hydrogen (secondary N) is 1. The number of benzene rings is 2. The molecule has 168 valence electrons. The third-order valence-corrected chi connectivity index (χ3v) is 7.72. The van der Waals surface area contributed by atoms with Crippen LogP contribution in [-0.2, 0) is 21.2 Å². The van der Waals surface area contributed by atoms with E-state index >= 15 is 0 Å². The Kier molecular flexibility index (Phi) is 8.18. The highest BCUT2D eigenvalue weighted by molar-refractivity contribution is 7.89. The van der Waals surface area contributed by atoms with Crippen LogP contribution in [0.15, 0.2) is 47.4 Å². The number of halogens is 2. The predicted molar refractivity (Wildman–Crippen MR) is 121 cm³/mol. The molecule has 1 heterocycles. The molecule has 10 heteroatoms. The Morgan fingerprint density at radius 1 is 1.06 bits per heavy atom. The van der Waals surface area contributed by atoms with E-state index in [2.05, 4.69) is 5.32 Å². The highest BCUT2D eigenvalue weighted by atomic mass is 35.5. The van der Waals surface area contributed by atoms with Crippen LogP contribution in [0.1, 0.15) is 5.56 Å². The number of hydrogen-bond donors (Lipinski definition) is 1. The molecular weight excluding hydrogens is 461 g/mol. The fraction of sp³-hybridized carbons (Fsp3) is 0.381. The van der Waals surface area contributed by atoms with E-state index in [1.54, 1.807) is 13.2 Å². The van der Waals surface area contributed by atoms with Crippen LogP contribution >= 0.6 is 23.2 Å². The van der Waals surface area contributed by atoms with Gasteiger partial charge in [-0.15, -0.1) is 0 Å². The normalized spacial score (nSPS) is 15.6. The van der Waals surface area contributed by atoms with E-state index in [1.807, 2.05) is 29.2 Å². The molecule has 1 aliphatic rings. The molecule has 0 aromatic heterocycles. The summed E-state index contributed by atoms with van der Waals surface area (Å²) < 4.78 is 32.3. The number of carbonyl (C=O) groups is 1. The van der Waals surface area contributed by atoms with Crippen molar-refractivity contribution >= 4 is 39.1 Å². The number of piperazine rings is 1. The van der Waals surface area contributed by atoms with E-state index in [4.69, 9.17) is 27.9 Å². The van der Waals surface area contributed by atoms with Crippen LogP contribution in [0, 0.1) is 0 Å². The molecule has 2 aromatic rings. The van der Waals surface area contributed by atoms with Crippen molar-refractivity contribution in [3.05, 3.63) is 58.1 Å². The Morgan fingerprint density at radius 2 is 1.74 bits per heavy atom. The SMILES string of the molecule is COc1ccc(CCNC(=O)CN2CCN(S(=O)(=O)c3cc(Cl)ccc3Cl)CC2)cc1. The van der Waals surface area contributed by atoms with E-state index in [0.717, 1.165) is 17.7 Å². The molecule has 0 saturated carbocycles. The largest absolute Gasteiger partial charge is 0.497 e. The molecule has 2 aromatic carbocycles. The van der Waals surface area contributed by atoms with Gasteiger partial charge in [0.15, 0.2) is 0 Å². The van der Waals surface area contributed by atoms with Crippen molar-refractivity contribution in [2.75, 3.05) is 46.4 Å². The molecule has 0 aliphatic carbocycles. The van der Waals surface area contributed by atoms with Crippen molar-refractivity contribution in [2.45, 2.75) is 11.3 Å². The van der Waals surface area contributed by atoms with Crippen LogP contribution in [0.5, 0.6) is 5.75 Å². The van der Waals surface area contributed by atoms with Gasteiger partial charge in [-0.05, 0) is 42.3 Å². The van der Waals surface area contributed by atoms with Crippen LogP contribution in [0.2, 0.25) is 10.0 Å². The van der Waals surface area contributed by atoms with Crippen LogP contribution < -0.4 is 10.1 Å². The maximum Gasteiger partial charge on any atom is 0.244 e. The summed E-state index contributed by atoms with van der Waals surface area (Å²) in [6.45, 7) is 2.25. The molecule has 1 fully saturated rings. The molecule has 1 amide bonds. The molecule has 7 nitrogen and oxygen atoms in total. The molecule has 0 atom stereocenters. The summed E-state index contributed by atoms with van der Waals surface area (Å²) in [4.78, 5) is 14.2. The van der Waals surface area contributed by atoms with E-state index in [0.29, 0.717) is 24.7 Å². The minimum atomic E-state index is -3.74. The lowest BCUT2D eigenvalue weighted by molar-refractivity contribution is -0.122. The Labute approximate surface area is 192 Å². The molecule has 0 bridgehead atoms. The minimum Gasteiger partial charge on any atom is -0.497 e. The van der Waals surface area contributed by atoms with Gasteiger partial charge >= 0.3 is 0 Å². The topological polar surface area (TPSA) is 79.0 Å². The molecule has 1 aliphatic heterocycles. The number of sulfonamides is 1. The van der Waals surface area contributed by atoms with E-state index in [1.165, 1.54) is 16.4 Å². The number of ether oxygens (including phenoxy) is 1. The third-order valence-electron chi connectivity index (χ3n) is 5.10. The molecule has 0 radical (unpaired) electrons. The number of methoxy groups -OCH3 is 1. The molecular formula is C21H25Cl2N3O4S. The second kappa shape index (κ2) is 10.7. The number of nitrogens with zero attached hydrogens (tertiary/aromatic N) is 2. The second-order valence-electron chi connectivity index (χ2n) is 7.20. The molecule has 0 unspecified atom stereocenters. The molecule has 0 spiro atoms. The summed E-state index contributed by atoms with van der Waals surface area (Å²) in [5, 5.41) is 3.37. The number of hydrogen-bond acceptors (Lipinski definition) is 5. The smallest absolute Gasteiger partial charge is 0.244 e. The van der Waals surface area contributed by atoms with Gasteiger partial charge in [-0.3, -0.25) is 9.69 Å². The first-order chi connectivity index (χ1) is 14.8. The van der Waals surface area contributed by atoms with Gasteiger partial charge in [-0.25, -0.2) is 8.42 Å². The summed E-state index contributed by atoms with van der Waals surface area (Å²) in [7, 11) is -2.11. The van der Waals surface area contributed by atoms with E-state index < -0.39 is 10.0 Å². The van der Waals surface area contributed by atoms with Gasteiger partial charge in [0, 0.05) is 37.7 Å². The Balaban J connectivity index is 1.45. The molecule has 1 N–H and O–H groups in total. The second-order valence-corrected chi connectivity index (χ2v) is 9.95. The lowest BCUT2D eigenvalue weighted by Gasteiger charge is -2.33. The summed E-state index contributed by atoms with van der Waals surface area (Å²) >= 11 is 12.0. The van der Waals surface area contributed by atoms with Crippen LogP contribution in [0.25, 0.3) is 0 Å². The van der Waals surface area contributed by atoms with Crippen LogP contribution in [-0.4, -0.2) is 69.9 Å². The number of rotatable bonds is 8. The summed E-state index contributed by atoms with van der Waals surface area (Å²) in [5.74, 6) is 0.717. The first-order valence-electron chi connectivity index (χ1n) is 9.87. The van der Waals surface area contributed by atoms with Crippen molar-refractivity contribution in [3.8, 4) is 5.75 Å². The highest BCUT2D eigenvalue weighted by Crippen LogP contribution is 2.28. The van der Waals surface area contributed by atoms with Crippen molar-refractivity contribution in [1.29, 1.82) is 0 Å². The third kappa shape index (κ3) is 6.33. The zero-order valence-corrected chi connectivity index (χ0v) is 19.5. The Hall–Kier alpha value is -1.84. The average molecular weight is 486 g/mol. The van der Waals surface area contributed by atoms with Gasteiger partial charge in [0.1, 0.15) is 10.6 Å². The van der Waals surface area contributed by atoms with Crippen LogP contribution in [0.3, 0.4) is 0 Å². The van der Waals surface area contributed by atoms with Gasteiger partial charge < -0.3 is 10.1 Å². The van der Waals surface area contributed by atoms with Crippen molar-refractivity contribution in [2.24, 2.45) is 0 Å². The highest BCUT2D eigenvalue weighted by Gasteiger charge is 2.30. The first-order valence-corrected chi connectivity index (χ1v) is 12.1. The minimum absolute atomic E-state index is 0.00592. The Morgan fingerprint density at radius 3 is 2.39 bits per heavy atom. The molecule has 1 saturated heterocycles. The van der Waals surface area contributed by atoms with Crippen molar-refractivity contribution in [1.82, 2.24) is 14.5 Å². The van der Waals surface area contributed by atoms with E-state index in [9.17, 15) is 13.2 Å². The quantitative estimate of drug-likeness (QED) is 0.621. The van der Waals surface area contributed by atoms with E-state index in [-0.39, 0.29) is 35.5 Å². The summed E-state index contributed by atoms with van der Waals surface area (Å²) in [5.41, 5.74) is 1.11. The van der Waals surface area contributed by atoms with Gasteiger partial charge in [0.05, 0.1) is 18.7 Å². The predicted octanol–water partition coefficient (Wildman–Crippen LogP) is 2.67. The number of amides is 1. The average Bonchev–Trinajstić information content (AvgIpc) is 2.76. The van der Waals surface area contributed by atoms with Gasteiger partial charge in [-0.2, -0.15) is 4.31 Å². The maximum atomic E-state index is 12.9. The standard InChI is InChI=1S/C21H25Cl2N3O4S/c1-30-18-5-2-16(3-6-18)8-9-24-21(27)15-25-10-12-26(13-11-25)31(28,29)20-14-17(22)4-7-19(20)23/h2-7,14H,8-13,15H2,1H3,(H,24,27). The lowest BCUT2D eigenvalue weighted by atomic mass is 10.1. The fourth-order valence-electron chi connectivity index (χ4n) is 3.34. The monoisotopic (exact) mass is 485 g/mol. The number of carbonyl (C=O) groups excluding carboxylic acids is 1. The first kappa shape index (κ1) is 23.8. The summed E-state index contributed by atoms with van der Waals surface area (Å²) in [6, 6.07) is 12.1. The molecule has 3 rings (SSSR count). The molecule has 31 heavy (non-hydrogen) atoms. The van der Waals surface area contributed by atoms with Gasteiger partial charge in [0.25, 0.3) is 0 Å². The maximum absolute atomic E-state index is 12.9. The van der Waals surface area contributed by atoms with Crippen LogP contribution in [0.4, 0.5) is 0 Å². The zero-order chi connectivity index (χ0) is 22.4. The summed E-state index contributed by atoms with van der Waals surface area (Å²) in [6.07, 6.45) is 0.724. The lowest BCUT2D eigenvalue weighted by Crippen LogP contribution is -2.51. The fourth-order valence-corrected chi connectivity index (χ4v) is 5.50. The van der Waals surface area contributed by atoms with Crippen molar-refractivity contribution < 1.29 is 17.9 Å².